The number of hydrogen-bond donors (Lipinski definition) is 1. The number of ether oxygens (including phenoxy) is 2. The molecule has 1 N–H and O–H groups in total. The maximum Gasteiger partial charge on any atom is 0.320 e. The summed E-state index contributed by atoms with van der Waals surface area (Å²) in [6.07, 6.45) is 1.58. The zero-order valence-corrected chi connectivity index (χ0v) is 18.6. The molecule has 2 aromatic rings. The van der Waals surface area contributed by atoms with Gasteiger partial charge in [-0.25, -0.2) is 4.79 Å². The second-order valence-electron chi connectivity index (χ2n) is 8.40. The predicted molar refractivity (Wildman–Crippen MR) is 122 cm³/mol. The van der Waals surface area contributed by atoms with Crippen molar-refractivity contribution in [3.05, 3.63) is 65.7 Å². The molecular formula is C25H31N3O4. The molecule has 2 saturated heterocycles. The number of nitrogens with zero attached hydrogens (tertiary/aromatic N) is 2. The number of rotatable bonds is 5. The number of carbonyl (C=O) groups excluding carboxylic acids is 2. The predicted octanol–water partition coefficient (Wildman–Crippen LogP) is 2.91. The monoisotopic (exact) mass is 437 g/mol. The maximum atomic E-state index is 12.9. The molecule has 2 aliphatic rings. The molecule has 0 aromatic heterocycles. The van der Waals surface area contributed by atoms with Gasteiger partial charge in [0.2, 0.25) is 0 Å². The fraction of sp³-hybridized carbons (Fsp3) is 0.440. The molecular weight excluding hydrogens is 406 g/mol. The van der Waals surface area contributed by atoms with E-state index in [0.717, 1.165) is 12.8 Å². The first-order chi connectivity index (χ1) is 15.6. The van der Waals surface area contributed by atoms with Crippen LogP contribution in [0.1, 0.15) is 28.8 Å². The minimum atomic E-state index is -0.222. The third-order valence-electron chi connectivity index (χ3n) is 6.60. The van der Waals surface area contributed by atoms with Crippen LogP contribution in [-0.2, 0) is 10.2 Å². The van der Waals surface area contributed by atoms with E-state index in [-0.39, 0.29) is 17.4 Å². The van der Waals surface area contributed by atoms with Gasteiger partial charge in [-0.1, -0.05) is 42.5 Å². The summed E-state index contributed by atoms with van der Waals surface area (Å²) in [5.74, 6) is 0.411. The van der Waals surface area contributed by atoms with Crippen molar-refractivity contribution < 1.29 is 19.1 Å². The number of hydrogen-bond acceptors (Lipinski definition) is 4. The molecule has 0 radical (unpaired) electrons. The molecule has 3 amide bonds. The van der Waals surface area contributed by atoms with Crippen molar-refractivity contribution in [2.45, 2.75) is 18.3 Å². The van der Waals surface area contributed by atoms with E-state index in [9.17, 15) is 9.59 Å². The number of methoxy groups -OCH3 is 1. The molecule has 0 unspecified atom stereocenters. The van der Waals surface area contributed by atoms with Crippen LogP contribution in [-0.4, -0.2) is 74.8 Å². The molecule has 0 bridgehead atoms. The van der Waals surface area contributed by atoms with Crippen LogP contribution in [0.2, 0.25) is 0 Å². The second kappa shape index (κ2) is 10.0. The normalized spacial score (nSPS) is 18.2. The lowest BCUT2D eigenvalue weighted by atomic mass is 9.72. The number of nitrogens with one attached hydrogen (secondary N) is 1. The zero-order valence-electron chi connectivity index (χ0n) is 18.6. The number of morpholine rings is 1. The van der Waals surface area contributed by atoms with Gasteiger partial charge in [-0.15, -0.1) is 0 Å². The molecule has 0 aliphatic carbocycles. The quantitative estimate of drug-likeness (QED) is 0.781. The molecule has 2 heterocycles. The lowest BCUT2D eigenvalue weighted by molar-refractivity contribution is 0.0388. The largest absolute Gasteiger partial charge is 0.496 e. The lowest BCUT2D eigenvalue weighted by Crippen LogP contribution is -2.54. The Morgan fingerprint density at radius 2 is 1.56 bits per heavy atom. The Kier molecular flexibility index (Phi) is 6.95. The Morgan fingerprint density at radius 3 is 2.25 bits per heavy atom. The number of para-hydroxylation sites is 1. The first kappa shape index (κ1) is 22.1. The molecule has 0 saturated carbocycles. The summed E-state index contributed by atoms with van der Waals surface area (Å²) in [6.45, 7) is 4.33. The molecule has 170 valence electrons. The molecule has 2 fully saturated rings. The Hall–Kier alpha value is -3.06. The Morgan fingerprint density at radius 1 is 0.938 bits per heavy atom. The summed E-state index contributed by atoms with van der Waals surface area (Å²) in [4.78, 5) is 29.7. The highest BCUT2D eigenvalue weighted by Gasteiger charge is 2.39. The molecule has 0 atom stereocenters. The summed E-state index contributed by atoms with van der Waals surface area (Å²) in [7, 11) is 1.57. The fourth-order valence-electron chi connectivity index (χ4n) is 4.62. The smallest absolute Gasteiger partial charge is 0.320 e. The first-order valence-corrected chi connectivity index (χ1v) is 11.2. The molecule has 2 aliphatic heterocycles. The van der Waals surface area contributed by atoms with E-state index in [2.05, 4.69) is 17.4 Å². The summed E-state index contributed by atoms with van der Waals surface area (Å²) in [6, 6.07) is 17.6. The number of carbonyl (C=O) groups is 2. The summed E-state index contributed by atoms with van der Waals surface area (Å²) in [5, 5.41) is 3.14. The van der Waals surface area contributed by atoms with Crippen LogP contribution in [0.4, 0.5) is 4.79 Å². The lowest BCUT2D eigenvalue weighted by Gasteiger charge is -2.44. The van der Waals surface area contributed by atoms with Gasteiger partial charge in [0.05, 0.1) is 25.9 Å². The fourth-order valence-corrected chi connectivity index (χ4v) is 4.62. The van der Waals surface area contributed by atoms with Crippen LogP contribution >= 0.6 is 0 Å². The van der Waals surface area contributed by atoms with Crippen LogP contribution in [0, 0.1) is 0 Å². The van der Waals surface area contributed by atoms with Crippen molar-refractivity contribution in [2.24, 2.45) is 0 Å². The van der Waals surface area contributed by atoms with Crippen molar-refractivity contribution in [3.63, 3.8) is 0 Å². The third kappa shape index (κ3) is 4.72. The first-order valence-electron chi connectivity index (χ1n) is 11.2. The Labute approximate surface area is 189 Å². The van der Waals surface area contributed by atoms with Crippen LogP contribution in [0.5, 0.6) is 5.75 Å². The molecule has 0 spiro atoms. The number of urea groups is 1. The van der Waals surface area contributed by atoms with Crippen molar-refractivity contribution in [3.8, 4) is 5.75 Å². The minimum Gasteiger partial charge on any atom is -0.496 e. The van der Waals surface area contributed by atoms with Gasteiger partial charge < -0.3 is 24.6 Å². The van der Waals surface area contributed by atoms with Crippen LogP contribution in [0.25, 0.3) is 0 Å². The average Bonchev–Trinajstić information content (AvgIpc) is 2.88. The molecule has 4 rings (SSSR count). The Bertz CT molecular complexity index is 920. The topological polar surface area (TPSA) is 71.1 Å². The van der Waals surface area contributed by atoms with E-state index < -0.39 is 0 Å². The van der Waals surface area contributed by atoms with Crippen LogP contribution in [0.15, 0.2) is 54.6 Å². The number of piperidine rings is 1. The second-order valence-corrected chi connectivity index (χ2v) is 8.40. The maximum absolute atomic E-state index is 12.9. The van der Waals surface area contributed by atoms with Gasteiger partial charge in [-0.2, -0.15) is 0 Å². The molecule has 7 heteroatoms. The van der Waals surface area contributed by atoms with Gasteiger partial charge in [0.1, 0.15) is 5.75 Å². The van der Waals surface area contributed by atoms with E-state index in [1.165, 1.54) is 5.56 Å². The summed E-state index contributed by atoms with van der Waals surface area (Å²) < 4.78 is 10.7. The Balaban J connectivity index is 1.47. The van der Waals surface area contributed by atoms with E-state index in [0.29, 0.717) is 57.3 Å². The van der Waals surface area contributed by atoms with Gasteiger partial charge in [-0.3, -0.25) is 4.79 Å². The van der Waals surface area contributed by atoms with Crippen molar-refractivity contribution >= 4 is 11.9 Å². The van der Waals surface area contributed by atoms with E-state index >= 15 is 0 Å². The van der Waals surface area contributed by atoms with E-state index in [4.69, 9.17) is 9.47 Å². The number of amides is 3. The SMILES string of the molecule is COc1ccccc1C(=O)NCC1(c2ccccc2)CCN(C(=O)N2CCOCC2)CC1. The van der Waals surface area contributed by atoms with Crippen molar-refractivity contribution in [2.75, 3.05) is 53.0 Å². The highest BCUT2D eigenvalue weighted by atomic mass is 16.5. The zero-order chi connectivity index (χ0) is 22.4. The highest BCUT2D eigenvalue weighted by Crippen LogP contribution is 2.35. The standard InChI is InChI=1S/C25H31N3O4/c1-31-22-10-6-5-9-21(22)23(29)26-19-25(20-7-3-2-4-8-20)11-13-27(14-12-25)24(30)28-15-17-32-18-16-28/h2-10H,11-19H2,1H3,(H,26,29). The minimum absolute atomic E-state index is 0.0908. The molecule has 7 nitrogen and oxygen atoms in total. The molecule has 2 aromatic carbocycles. The van der Waals surface area contributed by atoms with Gasteiger partial charge in [0.25, 0.3) is 5.91 Å². The average molecular weight is 438 g/mol. The van der Waals surface area contributed by atoms with Crippen LogP contribution in [0.3, 0.4) is 0 Å². The number of benzene rings is 2. The van der Waals surface area contributed by atoms with Gasteiger partial charge in [-0.05, 0) is 30.5 Å². The third-order valence-corrected chi connectivity index (χ3v) is 6.60. The van der Waals surface area contributed by atoms with Crippen LogP contribution < -0.4 is 10.1 Å². The van der Waals surface area contributed by atoms with Gasteiger partial charge >= 0.3 is 6.03 Å². The summed E-state index contributed by atoms with van der Waals surface area (Å²) in [5.41, 5.74) is 1.50. The number of likely N-dealkylation sites (tertiary alicyclic amines) is 1. The highest BCUT2D eigenvalue weighted by molar-refractivity contribution is 5.97. The van der Waals surface area contributed by atoms with E-state index in [1.54, 1.807) is 19.2 Å². The van der Waals surface area contributed by atoms with Gasteiger partial charge in [0.15, 0.2) is 0 Å². The van der Waals surface area contributed by atoms with Crippen molar-refractivity contribution in [1.29, 1.82) is 0 Å². The molecule has 32 heavy (non-hydrogen) atoms. The van der Waals surface area contributed by atoms with Gasteiger partial charge in [0, 0.05) is 38.1 Å². The van der Waals surface area contributed by atoms with E-state index in [1.807, 2.05) is 40.1 Å². The summed E-state index contributed by atoms with van der Waals surface area (Å²) >= 11 is 0. The van der Waals surface area contributed by atoms with Crippen molar-refractivity contribution in [1.82, 2.24) is 15.1 Å².